The lowest BCUT2D eigenvalue weighted by Gasteiger charge is -2.14. The smallest absolute Gasteiger partial charge is 0.0842 e. The van der Waals surface area contributed by atoms with Gasteiger partial charge in [-0.1, -0.05) is 65.5 Å². The molecular formula is C14H10Br3ClO. The minimum absolute atomic E-state index is 0.473. The van der Waals surface area contributed by atoms with E-state index < -0.39 is 6.10 Å². The predicted octanol–water partition coefficient (Wildman–Crippen LogP) is 5.90. The quantitative estimate of drug-likeness (QED) is 0.593. The van der Waals surface area contributed by atoms with Crippen molar-refractivity contribution in [1.29, 1.82) is 0 Å². The topological polar surface area (TPSA) is 20.2 Å². The van der Waals surface area contributed by atoms with Crippen LogP contribution in [0, 0.1) is 0 Å². The summed E-state index contributed by atoms with van der Waals surface area (Å²) in [5.74, 6) is 0. The summed E-state index contributed by atoms with van der Waals surface area (Å²) in [5.41, 5.74) is 1.76. The average Bonchev–Trinajstić information content (AvgIpc) is 2.35. The van der Waals surface area contributed by atoms with E-state index in [1.165, 1.54) is 0 Å². The molecule has 0 amide bonds. The zero-order valence-corrected chi connectivity index (χ0v) is 15.2. The van der Waals surface area contributed by atoms with Crippen LogP contribution in [0.3, 0.4) is 0 Å². The number of hydrogen-bond donors (Lipinski definition) is 1. The number of aliphatic hydroxyl groups is 1. The Balaban J connectivity index is 2.25. The lowest BCUT2D eigenvalue weighted by molar-refractivity contribution is 0.177. The van der Waals surface area contributed by atoms with Gasteiger partial charge in [-0.05, 0) is 41.5 Å². The Morgan fingerprint density at radius 2 is 1.63 bits per heavy atom. The standard InChI is InChI=1S/C14H10Br3ClO/c15-9-3-4-12(17)11(6-9)14(19)5-8-1-2-10(16)7-13(8)18/h1-4,6-7,14,19H,5H2. The van der Waals surface area contributed by atoms with Crippen LogP contribution in [0.2, 0.25) is 5.02 Å². The van der Waals surface area contributed by atoms with Crippen LogP contribution in [-0.2, 0) is 6.42 Å². The molecule has 1 nitrogen and oxygen atoms in total. The molecule has 0 aliphatic carbocycles. The Hall–Kier alpha value is 0.130. The van der Waals surface area contributed by atoms with E-state index in [9.17, 15) is 5.11 Å². The van der Waals surface area contributed by atoms with Crippen LogP contribution in [0.25, 0.3) is 0 Å². The van der Waals surface area contributed by atoms with Crippen LogP contribution in [0.15, 0.2) is 49.8 Å². The Kier molecular flexibility index (Phi) is 5.49. The summed E-state index contributed by atoms with van der Waals surface area (Å²) in [4.78, 5) is 0. The fourth-order valence-electron chi connectivity index (χ4n) is 1.78. The van der Waals surface area contributed by atoms with Crippen LogP contribution in [0.4, 0.5) is 0 Å². The summed E-state index contributed by atoms with van der Waals surface area (Å²) in [7, 11) is 0. The first kappa shape index (κ1) is 15.5. The van der Waals surface area contributed by atoms with Crippen LogP contribution in [0.1, 0.15) is 17.2 Å². The summed E-state index contributed by atoms with van der Waals surface area (Å²) in [6, 6.07) is 11.4. The van der Waals surface area contributed by atoms with Crippen LogP contribution in [-0.4, -0.2) is 5.11 Å². The van der Waals surface area contributed by atoms with E-state index in [4.69, 9.17) is 11.6 Å². The molecule has 1 N–H and O–H groups in total. The molecule has 0 saturated carbocycles. The highest BCUT2D eigenvalue weighted by atomic mass is 79.9. The molecule has 0 aromatic heterocycles. The van der Waals surface area contributed by atoms with Crippen LogP contribution < -0.4 is 0 Å². The second-order valence-electron chi connectivity index (χ2n) is 4.12. The van der Waals surface area contributed by atoms with Crippen molar-refractivity contribution in [3.63, 3.8) is 0 Å². The second-order valence-corrected chi connectivity index (χ2v) is 7.21. The van der Waals surface area contributed by atoms with Gasteiger partial charge in [-0.25, -0.2) is 0 Å². The Morgan fingerprint density at radius 1 is 1.00 bits per heavy atom. The Morgan fingerprint density at radius 3 is 2.32 bits per heavy atom. The highest BCUT2D eigenvalue weighted by Gasteiger charge is 2.14. The first-order valence-corrected chi connectivity index (χ1v) is 8.30. The first-order valence-electron chi connectivity index (χ1n) is 5.54. The van der Waals surface area contributed by atoms with E-state index in [1.807, 2.05) is 36.4 Å². The molecule has 0 aliphatic heterocycles. The lowest BCUT2D eigenvalue weighted by Crippen LogP contribution is -2.03. The minimum atomic E-state index is -0.606. The van der Waals surface area contributed by atoms with Gasteiger partial charge in [-0.15, -0.1) is 0 Å². The van der Waals surface area contributed by atoms with Gasteiger partial charge in [0.2, 0.25) is 0 Å². The van der Waals surface area contributed by atoms with Gasteiger partial charge >= 0.3 is 0 Å². The number of rotatable bonds is 3. The van der Waals surface area contributed by atoms with Crippen molar-refractivity contribution in [2.24, 2.45) is 0 Å². The maximum absolute atomic E-state index is 10.4. The zero-order valence-electron chi connectivity index (χ0n) is 9.71. The van der Waals surface area contributed by atoms with Gasteiger partial charge in [0.25, 0.3) is 0 Å². The molecule has 19 heavy (non-hydrogen) atoms. The molecule has 1 atom stereocenters. The van der Waals surface area contributed by atoms with E-state index in [-0.39, 0.29) is 0 Å². The maximum atomic E-state index is 10.4. The highest BCUT2D eigenvalue weighted by Crippen LogP contribution is 2.31. The van der Waals surface area contributed by atoms with Gasteiger partial charge < -0.3 is 5.11 Å². The predicted molar refractivity (Wildman–Crippen MR) is 89.7 cm³/mol. The molecule has 100 valence electrons. The molecule has 0 radical (unpaired) electrons. The fourth-order valence-corrected chi connectivity index (χ4v) is 3.42. The third-order valence-electron chi connectivity index (χ3n) is 2.75. The maximum Gasteiger partial charge on any atom is 0.0842 e. The zero-order chi connectivity index (χ0) is 14.0. The van der Waals surface area contributed by atoms with E-state index >= 15 is 0 Å². The summed E-state index contributed by atoms with van der Waals surface area (Å²) in [6.45, 7) is 0. The van der Waals surface area contributed by atoms with Crippen LogP contribution in [0.5, 0.6) is 0 Å². The molecule has 0 fully saturated rings. The molecule has 5 heteroatoms. The summed E-state index contributed by atoms with van der Waals surface area (Å²) >= 11 is 16.4. The summed E-state index contributed by atoms with van der Waals surface area (Å²) in [6.07, 6.45) is -0.133. The molecule has 0 saturated heterocycles. The van der Waals surface area contributed by atoms with E-state index in [2.05, 4.69) is 47.8 Å². The van der Waals surface area contributed by atoms with E-state index in [0.717, 1.165) is 24.5 Å². The Bertz CT molecular complexity index is 601. The SMILES string of the molecule is OC(Cc1ccc(Br)cc1Cl)c1cc(Br)ccc1Br. The van der Waals surface area contributed by atoms with Crippen molar-refractivity contribution in [1.82, 2.24) is 0 Å². The fraction of sp³-hybridized carbons (Fsp3) is 0.143. The van der Waals surface area contributed by atoms with Gasteiger partial charge in [0, 0.05) is 24.9 Å². The van der Waals surface area contributed by atoms with Crippen molar-refractivity contribution < 1.29 is 5.11 Å². The van der Waals surface area contributed by atoms with E-state index in [0.29, 0.717) is 11.4 Å². The van der Waals surface area contributed by atoms with Crippen molar-refractivity contribution in [2.75, 3.05) is 0 Å². The monoisotopic (exact) mass is 466 g/mol. The first-order chi connectivity index (χ1) is 8.97. The molecule has 0 heterocycles. The molecule has 1 unspecified atom stereocenters. The number of hydrogen-bond acceptors (Lipinski definition) is 1. The van der Waals surface area contributed by atoms with Crippen molar-refractivity contribution in [2.45, 2.75) is 12.5 Å². The number of halogens is 4. The molecule has 2 rings (SSSR count). The third-order valence-corrected chi connectivity index (χ3v) is 4.81. The molecule has 0 aliphatic rings. The van der Waals surface area contributed by atoms with Crippen molar-refractivity contribution in [3.05, 3.63) is 66.0 Å². The average molecular weight is 469 g/mol. The summed E-state index contributed by atoms with van der Waals surface area (Å²) in [5, 5.41) is 11.0. The second kappa shape index (κ2) is 6.72. The van der Waals surface area contributed by atoms with E-state index in [1.54, 1.807) is 0 Å². The van der Waals surface area contributed by atoms with Gasteiger partial charge in [-0.3, -0.25) is 0 Å². The number of benzene rings is 2. The van der Waals surface area contributed by atoms with Gasteiger partial charge in [0.1, 0.15) is 0 Å². The van der Waals surface area contributed by atoms with Crippen molar-refractivity contribution >= 4 is 59.4 Å². The van der Waals surface area contributed by atoms with Gasteiger partial charge in [0.05, 0.1) is 6.10 Å². The highest BCUT2D eigenvalue weighted by molar-refractivity contribution is 9.11. The molecular weight excluding hydrogens is 459 g/mol. The third kappa shape index (κ3) is 4.05. The minimum Gasteiger partial charge on any atom is -0.388 e. The summed E-state index contributed by atoms with van der Waals surface area (Å²) < 4.78 is 2.75. The van der Waals surface area contributed by atoms with Gasteiger partial charge in [0.15, 0.2) is 0 Å². The Labute approximate surface area is 142 Å². The normalized spacial score (nSPS) is 12.5. The lowest BCUT2D eigenvalue weighted by atomic mass is 10.0. The molecule has 2 aromatic carbocycles. The number of aliphatic hydroxyl groups excluding tert-OH is 1. The largest absolute Gasteiger partial charge is 0.388 e. The van der Waals surface area contributed by atoms with Gasteiger partial charge in [-0.2, -0.15) is 0 Å². The van der Waals surface area contributed by atoms with Crippen LogP contribution >= 0.6 is 59.4 Å². The molecule has 2 aromatic rings. The van der Waals surface area contributed by atoms with Crippen molar-refractivity contribution in [3.8, 4) is 0 Å². The molecule has 0 spiro atoms. The molecule has 0 bridgehead atoms.